The second-order valence-corrected chi connectivity index (χ2v) is 5.71. The summed E-state index contributed by atoms with van der Waals surface area (Å²) in [5.41, 5.74) is 1.44. The molecule has 0 fully saturated rings. The number of halogens is 1. The fourth-order valence-electron chi connectivity index (χ4n) is 2.74. The van der Waals surface area contributed by atoms with Gasteiger partial charge < -0.3 is 14.2 Å². The normalized spacial score (nSPS) is 19.3. The van der Waals surface area contributed by atoms with Crippen molar-refractivity contribution >= 4 is 17.4 Å². The largest absolute Gasteiger partial charge is 0.486 e. The first kappa shape index (κ1) is 13.5. The molecular formula is C17H13ClO4. The van der Waals surface area contributed by atoms with Crippen LogP contribution in [-0.4, -0.2) is 19.0 Å². The Labute approximate surface area is 132 Å². The predicted molar refractivity (Wildman–Crippen MR) is 81.2 cm³/mol. The Bertz CT molecular complexity index is 756. The van der Waals surface area contributed by atoms with E-state index in [4.69, 9.17) is 25.8 Å². The molecule has 0 unspecified atom stereocenters. The van der Waals surface area contributed by atoms with E-state index in [-0.39, 0.29) is 18.3 Å². The van der Waals surface area contributed by atoms with Crippen LogP contribution >= 0.6 is 11.6 Å². The number of carbonyl (C=O) groups excluding carboxylic acids is 1. The molecular weight excluding hydrogens is 304 g/mol. The predicted octanol–water partition coefficient (Wildman–Crippen LogP) is 3.82. The van der Waals surface area contributed by atoms with Crippen LogP contribution < -0.4 is 14.2 Å². The number of hydrogen-bond acceptors (Lipinski definition) is 4. The molecule has 0 saturated heterocycles. The van der Waals surface area contributed by atoms with E-state index < -0.39 is 0 Å². The lowest BCUT2D eigenvalue weighted by molar-refractivity contribution is 0.0849. The van der Waals surface area contributed by atoms with Crippen molar-refractivity contribution in [3.63, 3.8) is 0 Å². The molecule has 2 aliphatic heterocycles. The van der Waals surface area contributed by atoms with E-state index >= 15 is 0 Å². The molecule has 0 bridgehead atoms. The number of carbonyl (C=O) groups is 1. The maximum atomic E-state index is 12.3. The van der Waals surface area contributed by atoms with Crippen LogP contribution in [0.2, 0.25) is 5.02 Å². The summed E-state index contributed by atoms with van der Waals surface area (Å²) < 4.78 is 17.1. The van der Waals surface area contributed by atoms with Crippen molar-refractivity contribution in [1.29, 1.82) is 0 Å². The minimum atomic E-state index is -0.322. The highest BCUT2D eigenvalue weighted by Crippen LogP contribution is 2.39. The van der Waals surface area contributed by atoms with Gasteiger partial charge in [0.05, 0.1) is 12.0 Å². The maximum Gasteiger partial charge on any atom is 0.170 e. The SMILES string of the molecule is O=C1C[C@H](c2ccc3c(c2)OCCO3)Oc2ccc(Cl)cc21. The van der Waals surface area contributed by atoms with Crippen molar-refractivity contribution in [2.45, 2.75) is 12.5 Å². The van der Waals surface area contributed by atoms with Crippen LogP contribution in [0, 0.1) is 0 Å². The standard InChI is InChI=1S/C17H13ClO4/c18-11-2-4-14-12(8-11)13(19)9-16(22-14)10-1-3-15-17(7-10)21-6-5-20-15/h1-4,7-8,16H,5-6,9H2/t16-/m1/s1. The number of benzene rings is 2. The van der Waals surface area contributed by atoms with E-state index in [1.54, 1.807) is 18.2 Å². The molecule has 0 aliphatic carbocycles. The van der Waals surface area contributed by atoms with Crippen molar-refractivity contribution in [1.82, 2.24) is 0 Å². The quantitative estimate of drug-likeness (QED) is 0.802. The van der Waals surface area contributed by atoms with Gasteiger partial charge >= 0.3 is 0 Å². The second-order valence-electron chi connectivity index (χ2n) is 5.28. The third kappa shape index (κ3) is 2.29. The van der Waals surface area contributed by atoms with Crippen molar-refractivity contribution in [3.05, 3.63) is 52.5 Å². The molecule has 2 aromatic carbocycles. The monoisotopic (exact) mass is 316 g/mol. The third-order valence-corrected chi connectivity index (χ3v) is 4.06. The number of rotatable bonds is 1. The molecule has 1 atom stereocenters. The molecule has 5 heteroatoms. The van der Waals surface area contributed by atoms with Gasteiger partial charge in [0.15, 0.2) is 17.3 Å². The van der Waals surface area contributed by atoms with Crippen molar-refractivity contribution in [3.8, 4) is 17.2 Å². The molecule has 4 nitrogen and oxygen atoms in total. The topological polar surface area (TPSA) is 44.8 Å². The number of fused-ring (bicyclic) bond motifs is 2. The van der Waals surface area contributed by atoms with Crippen molar-refractivity contribution < 1.29 is 19.0 Å². The lowest BCUT2D eigenvalue weighted by Gasteiger charge is -2.27. The Morgan fingerprint density at radius 2 is 1.73 bits per heavy atom. The van der Waals surface area contributed by atoms with E-state index in [1.807, 2.05) is 18.2 Å². The second kappa shape index (κ2) is 5.21. The van der Waals surface area contributed by atoms with Gasteiger partial charge in [-0.2, -0.15) is 0 Å². The van der Waals surface area contributed by atoms with Gasteiger partial charge in [0.2, 0.25) is 0 Å². The lowest BCUT2D eigenvalue weighted by atomic mass is 9.96. The fraction of sp³-hybridized carbons (Fsp3) is 0.235. The first-order chi connectivity index (χ1) is 10.7. The van der Waals surface area contributed by atoms with Crippen molar-refractivity contribution in [2.24, 2.45) is 0 Å². The van der Waals surface area contributed by atoms with Gasteiger partial charge in [-0.15, -0.1) is 0 Å². The minimum absolute atomic E-state index is 0.0311. The van der Waals surface area contributed by atoms with Crippen molar-refractivity contribution in [2.75, 3.05) is 13.2 Å². The molecule has 22 heavy (non-hydrogen) atoms. The molecule has 0 radical (unpaired) electrons. The average Bonchev–Trinajstić information content (AvgIpc) is 2.55. The van der Waals surface area contributed by atoms with Crippen LogP contribution in [0.1, 0.15) is 28.4 Å². The van der Waals surface area contributed by atoms with Gasteiger partial charge in [-0.3, -0.25) is 4.79 Å². The maximum absolute atomic E-state index is 12.3. The average molecular weight is 317 g/mol. The Morgan fingerprint density at radius 1 is 0.955 bits per heavy atom. The zero-order valence-electron chi connectivity index (χ0n) is 11.7. The summed E-state index contributed by atoms with van der Waals surface area (Å²) in [4.78, 5) is 12.3. The zero-order chi connectivity index (χ0) is 15.1. The molecule has 0 amide bonds. The third-order valence-electron chi connectivity index (χ3n) is 3.82. The molecule has 2 aliphatic rings. The Kier molecular flexibility index (Phi) is 3.19. The van der Waals surface area contributed by atoms with E-state index in [1.165, 1.54) is 0 Å². The molecule has 0 N–H and O–H groups in total. The summed E-state index contributed by atoms with van der Waals surface area (Å²) in [6.45, 7) is 1.08. The van der Waals surface area contributed by atoms with E-state index in [2.05, 4.69) is 0 Å². The van der Waals surface area contributed by atoms with Gasteiger partial charge in [-0.25, -0.2) is 0 Å². The smallest absolute Gasteiger partial charge is 0.170 e. The minimum Gasteiger partial charge on any atom is -0.486 e. The first-order valence-corrected chi connectivity index (χ1v) is 7.47. The Morgan fingerprint density at radius 3 is 2.59 bits per heavy atom. The summed E-state index contributed by atoms with van der Waals surface area (Å²) in [5, 5.41) is 0.536. The lowest BCUT2D eigenvalue weighted by Crippen LogP contribution is -2.21. The zero-order valence-corrected chi connectivity index (χ0v) is 12.4. The summed E-state index contributed by atoms with van der Waals surface area (Å²) in [5.74, 6) is 2.02. The molecule has 2 heterocycles. The number of hydrogen-bond donors (Lipinski definition) is 0. The van der Waals surface area contributed by atoms with Crippen LogP contribution in [0.15, 0.2) is 36.4 Å². The van der Waals surface area contributed by atoms with E-state index in [0.29, 0.717) is 35.3 Å². The van der Waals surface area contributed by atoms with Gasteiger partial charge in [0, 0.05) is 5.02 Å². The highest BCUT2D eigenvalue weighted by atomic mass is 35.5. The van der Waals surface area contributed by atoms with Gasteiger partial charge in [0.25, 0.3) is 0 Å². The summed E-state index contributed by atoms with van der Waals surface area (Å²) in [7, 11) is 0. The van der Waals surface area contributed by atoms with Crippen LogP contribution in [0.4, 0.5) is 0 Å². The molecule has 2 aromatic rings. The Hall–Kier alpha value is -2.20. The van der Waals surface area contributed by atoms with E-state index in [9.17, 15) is 4.79 Å². The molecule has 112 valence electrons. The van der Waals surface area contributed by atoms with Gasteiger partial charge in [-0.05, 0) is 35.9 Å². The molecule has 0 aromatic heterocycles. The molecule has 0 saturated carbocycles. The van der Waals surface area contributed by atoms with E-state index in [0.717, 1.165) is 11.3 Å². The Balaban J connectivity index is 1.67. The first-order valence-electron chi connectivity index (χ1n) is 7.10. The highest BCUT2D eigenvalue weighted by Gasteiger charge is 2.28. The summed E-state index contributed by atoms with van der Waals surface area (Å²) in [6.07, 6.45) is -0.0375. The van der Waals surface area contributed by atoms with Crippen LogP contribution in [0.5, 0.6) is 17.2 Å². The van der Waals surface area contributed by atoms with Crippen LogP contribution in [-0.2, 0) is 0 Å². The fourth-order valence-corrected chi connectivity index (χ4v) is 2.91. The van der Waals surface area contributed by atoms with Gasteiger partial charge in [0.1, 0.15) is 25.1 Å². The van der Waals surface area contributed by atoms with Gasteiger partial charge in [-0.1, -0.05) is 17.7 Å². The van der Waals surface area contributed by atoms with Crippen LogP contribution in [0.3, 0.4) is 0 Å². The molecule has 0 spiro atoms. The number of Topliss-reactive ketones (excluding diaryl/α,β-unsaturated/α-hetero) is 1. The summed E-state index contributed by atoms with van der Waals surface area (Å²) in [6, 6.07) is 10.8. The van der Waals surface area contributed by atoms with Crippen LogP contribution in [0.25, 0.3) is 0 Å². The number of ether oxygens (including phenoxy) is 3. The highest BCUT2D eigenvalue weighted by molar-refractivity contribution is 6.31. The summed E-state index contributed by atoms with van der Waals surface area (Å²) >= 11 is 5.94. The number of ketones is 1. The molecule has 4 rings (SSSR count).